The molecule has 2 aromatic rings. The van der Waals surface area contributed by atoms with Gasteiger partial charge in [-0.15, -0.1) is 0 Å². The second-order valence-electron chi connectivity index (χ2n) is 4.57. The van der Waals surface area contributed by atoms with Gasteiger partial charge < -0.3 is 11.1 Å². The van der Waals surface area contributed by atoms with Crippen molar-refractivity contribution in [2.24, 2.45) is 5.73 Å². The Hall–Kier alpha value is -1.16. The Labute approximate surface area is 123 Å². The molecule has 100 valence electrons. The van der Waals surface area contributed by atoms with Gasteiger partial charge in [-0.25, -0.2) is 0 Å². The fourth-order valence-electron chi connectivity index (χ4n) is 1.91. The van der Waals surface area contributed by atoms with E-state index in [0.29, 0.717) is 6.54 Å². The van der Waals surface area contributed by atoms with Crippen LogP contribution in [0.4, 0.5) is 0 Å². The molecule has 0 spiro atoms. The van der Waals surface area contributed by atoms with Gasteiger partial charge in [-0.1, -0.05) is 52.3 Å². The predicted molar refractivity (Wildman–Crippen MR) is 83.9 cm³/mol. The lowest BCUT2D eigenvalue weighted by molar-refractivity contribution is 0.686. The van der Waals surface area contributed by atoms with Gasteiger partial charge in [-0.3, -0.25) is 0 Å². The first kappa shape index (κ1) is 14.3. The van der Waals surface area contributed by atoms with Gasteiger partial charge >= 0.3 is 0 Å². The summed E-state index contributed by atoms with van der Waals surface area (Å²) in [6, 6.07) is 16.9. The second kappa shape index (κ2) is 7.43. The zero-order valence-electron chi connectivity index (χ0n) is 10.9. The summed E-state index contributed by atoms with van der Waals surface area (Å²) in [5.41, 5.74) is 9.41. The minimum Gasteiger partial charge on any atom is -0.326 e. The maximum absolute atomic E-state index is 5.58. The number of nitrogens with two attached hydrogens (primary N) is 1. The van der Waals surface area contributed by atoms with Crippen LogP contribution in [-0.4, -0.2) is 6.54 Å². The molecule has 3 N–H and O–H groups in total. The zero-order chi connectivity index (χ0) is 13.5. The van der Waals surface area contributed by atoms with Gasteiger partial charge in [0.25, 0.3) is 0 Å². The van der Waals surface area contributed by atoms with Crippen LogP contribution in [0.1, 0.15) is 16.7 Å². The molecule has 0 aliphatic rings. The first-order chi connectivity index (χ1) is 9.28. The van der Waals surface area contributed by atoms with E-state index in [4.69, 9.17) is 5.73 Å². The van der Waals surface area contributed by atoms with Crippen LogP contribution >= 0.6 is 15.9 Å². The lowest BCUT2D eigenvalue weighted by Gasteiger charge is -2.06. The van der Waals surface area contributed by atoms with Gasteiger partial charge in [0.05, 0.1) is 0 Å². The first-order valence-electron chi connectivity index (χ1n) is 6.51. The molecule has 0 aliphatic heterocycles. The molecule has 0 fully saturated rings. The molecule has 0 aliphatic carbocycles. The minimum atomic E-state index is 0.608. The first-order valence-corrected chi connectivity index (χ1v) is 7.30. The van der Waals surface area contributed by atoms with Gasteiger partial charge in [0, 0.05) is 17.6 Å². The number of hydrogen-bond donors (Lipinski definition) is 2. The van der Waals surface area contributed by atoms with Crippen LogP contribution in [0.25, 0.3) is 0 Å². The van der Waals surface area contributed by atoms with E-state index in [1.54, 1.807) is 0 Å². The Balaban J connectivity index is 1.72. The van der Waals surface area contributed by atoms with Crippen molar-refractivity contribution in [3.05, 3.63) is 69.7 Å². The van der Waals surface area contributed by atoms with Gasteiger partial charge in [0.15, 0.2) is 0 Å². The third-order valence-electron chi connectivity index (χ3n) is 3.09. The third kappa shape index (κ3) is 4.78. The monoisotopic (exact) mass is 318 g/mol. The van der Waals surface area contributed by atoms with Crippen LogP contribution in [0.15, 0.2) is 53.0 Å². The topological polar surface area (TPSA) is 38.0 Å². The highest BCUT2D eigenvalue weighted by Gasteiger charge is 1.95. The van der Waals surface area contributed by atoms with Crippen LogP contribution < -0.4 is 11.1 Å². The summed E-state index contributed by atoms with van der Waals surface area (Å²) >= 11 is 3.45. The van der Waals surface area contributed by atoms with Crippen LogP contribution in [0.2, 0.25) is 0 Å². The smallest absolute Gasteiger partial charge is 0.0205 e. The third-order valence-corrected chi connectivity index (χ3v) is 3.62. The molecule has 19 heavy (non-hydrogen) atoms. The number of halogens is 1. The van der Waals surface area contributed by atoms with Crippen molar-refractivity contribution in [2.45, 2.75) is 19.5 Å². The molecule has 3 heteroatoms. The molecule has 0 radical (unpaired) electrons. The fourth-order valence-corrected chi connectivity index (χ4v) is 2.17. The molecule has 0 saturated carbocycles. The van der Waals surface area contributed by atoms with Crippen molar-refractivity contribution < 1.29 is 0 Å². The molecule has 0 aromatic heterocycles. The van der Waals surface area contributed by atoms with E-state index in [-0.39, 0.29) is 0 Å². The molecule has 0 amide bonds. The molecule has 0 bridgehead atoms. The molecule has 0 atom stereocenters. The fraction of sp³-hybridized carbons (Fsp3) is 0.250. The lowest BCUT2D eigenvalue weighted by atomic mass is 10.1. The molecule has 0 heterocycles. The predicted octanol–water partition coefficient (Wildman–Crippen LogP) is 3.24. The van der Waals surface area contributed by atoms with Crippen molar-refractivity contribution >= 4 is 15.9 Å². The molecule has 0 unspecified atom stereocenters. The van der Waals surface area contributed by atoms with Crippen molar-refractivity contribution in [3.63, 3.8) is 0 Å². The Morgan fingerprint density at radius 3 is 2.05 bits per heavy atom. The Bertz CT molecular complexity index is 491. The van der Waals surface area contributed by atoms with Crippen molar-refractivity contribution in [3.8, 4) is 0 Å². The van der Waals surface area contributed by atoms with Gasteiger partial charge in [-0.05, 0) is 41.8 Å². The van der Waals surface area contributed by atoms with E-state index < -0.39 is 0 Å². The van der Waals surface area contributed by atoms with Crippen LogP contribution in [0.3, 0.4) is 0 Å². The minimum absolute atomic E-state index is 0.608. The van der Waals surface area contributed by atoms with E-state index in [9.17, 15) is 0 Å². The van der Waals surface area contributed by atoms with E-state index in [1.165, 1.54) is 16.7 Å². The van der Waals surface area contributed by atoms with Gasteiger partial charge in [0.2, 0.25) is 0 Å². The highest BCUT2D eigenvalue weighted by atomic mass is 79.9. The molecular weight excluding hydrogens is 300 g/mol. The average Bonchev–Trinajstić information content (AvgIpc) is 2.46. The molecule has 0 saturated heterocycles. The average molecular weight is 319 g/mol. The standard InChI is InChI=1S/C16H19BrN2/c17-16-7-5-13(6-8-16)9-10-19-12-15-3-1-14(11-18)2-4-15/h1-8,19H,9-12,18H2. The van der Waals surface area contributed by atoms with Crippen LogP contribution in [0, 0.1) is 0 Å². The Morgan fingerprint density at radius 2 is 1.42 bits per heavy atom. The summed E-state index contributed by atoms with van der Waals surface area (Å²) in [5, 5.41) is 3.46. The molecule has 2 aromatic carbocycles. The summed E-state index contributed by atoms with van der Waals surface area (Å²) in [6.07, 6.45) is 1.05. The second-order valence-corrected chi connectivity index (χ2v) is 5.49. The maximum atomic E-state index is 5.58. The summed E-state index contributed by atoms with van der Waals surface area (Å²) in [6.45, 7) is 2.50. The van der Waals surface area contributed by atoms with E-state index in [1.807, 2.05) is 0 Å². The Morgan fingerprint density at radius 1 is 0.842 bits per heavy atom. The number of nitrogens with one attached hydrogen (secondary N) is 1. The number of benzene rings is 2. The van der Waals surface area contributed by atoms with Gasteiger partial charge in [0.1, 0.15) is 0 Å². The zero-order valence-corrected chi connectivity index (χ0v) is 12.5. The van der Waals surface area contributed by atoms with E-state index >= 15 is 0 Å². The number of hydrogen-bond acceptors (Lipinski definition) is 2. The summed E-state index contributed by atoms with van der Waals surface area (Å²) in [5.74, 6) is 0. The number of rotatable bonds is 6. The highest BCUT2D eigenvalue weighted by Crippen LogP contribution is 2.10. The van der Waals surface area contributed by atoms with Crippen molar-refractivity contribution in [1.82, 2.24) is 5.32 Å². The van der Waals surface area contributed by atoms with Gasteiger partial charge in [-0.2, -0.15) is 0 Å². The Kier molecular flexibility index (Phi) is 5.58. The lowest BCUT2D eigenvalue weighted by Crippen LogP contribution is -2.16. The van der Waals surface area contributed by atoms with Crippen molar-refractivity contribution in [1.29, 1.82) is 0 Å². The molecular formula is C16H19BrN2. The van der Waals surface area contributed by atoms with E-state index in [2.05, 4.69) is 69.8 Å². The molecule has 2 nitrogen and oxygen atoms in total. The summed E-state index contributed by atoms with van der Waals surface area (Å²) < 4.78 is 1.13. The quantitative estimate of drug-likeness (QED) is 0.802. The van der Waals surface area contributed by atoms with Crippen LogP contribution in [-0.2, 0) is 19.5 Å². The maximum Gasteiger partial charge on any atom is 0.0205 e. The normalized spacial score (nSPS) is 10.6. The largest absolute Gasteiger partial charge is 0.326 e. The summed E-state index contributed by atoms with van der Waals surface area (Å²) in [4.78, 5) is 0. The van der Waals surface area contributed by atoms with Crippen LogP contribution in [0.5, 0.6) is 0 Å². The van der Waals surface area contributed by atoms with E-state index in [0.717, 1.165) is 24.0 Å². The SMILES string of the molecule is NCc1ccc(CNCCc2ccc(Br)cc2)cc1. The summed E-state index contributed by atoms with van der Waals surface area (Å²) in [7, 11) is 0. The van der Waals surface area contributed by atoms with Crippen molar-refractivity contribution in [2.75, 3.05) is 6.54 Å². The highest BCUT2D eigenvalue weighted by molar-refractivity contribution is 9.10. The molecule has 2 rings (SSSR count).